The van der Waals surface area contributed by atoms with Crippen molar-refractivity contribution in [2.45, 2.75) is 17.7 Å². The lowest BCUT2D eigenvalue weighted by Gasteiger charge is -2.37. The first kappa shape index (κ1) is 25.0. The van der Waals surface area contributed by atoms with Crippen LogP contribution in [-0.4, -0.2) is 17.8 Å². The average Bonchev–Trinajstić information content (AvgIpc) is 3.61. The number of halogens is 1. The van der Waals surface area contributed by atoms with E-state index in [1.54, 1.807) is 17.2 Å². The highest BCUT2D eigenvalue weighted by molar-refractivity contribution is 9.10. The van der Waals surface area contributed by atoms with Crippen LogP contribution in [0.2, 0.25) is 0 Å². The summed E-state index contributed by atoms with van der Waals surface area (Å²) in [6.07, 6.45) is 0.452. The highest BCUT2D eigenvalue weighted by Gasteiger charge is 2.54. The highest BCUT2D eigenvalue weighted by atomic mass is 79.9. The van der Waals surface area contributed by atoms with Crippen LogP contribution in [0.4, 0.5) is 5.69 Å². The summed E-state index contributed by atoms with van der Waals surface area (Å²) in [5.41, 5.74) is 1.66. The number of carbonyl (C=O) groups excluding carboxylic acids is 2. The second-order valence-corrected chi connectivity index (χ2v) is 10.2. The van der Waals surface area contributed by atoms with Gasteiger partial charge in [-0.25, -0.2) is 0 Å². The van der Waals surface area contributed by atoms with Crippen molar-refractivity contribution in [2.24, 2.45) is 0 Å². The van der Waals surface area contributed by atoms with Crippen molar-refractivity contribution >= 4 is 33.3 Å². The van der Waals surface area contributed by atoms with E-state index in [1.165, 1.54) is 0 Å². The summed E-state index contributed by atoms with van der Waals surface area (Å²) in [4.78, 5) is 29.1. The summed E-state index contributed by atoms with van der Waals surface area (Å²) in [6, 6.07) is 39.1. The number of rotatable bonds is 7. The van der Waals surface area contributed by atoms with Crippen molar-refractivity contribution in [2.75, 3.05) is 4.90 Å². The smallest absolute Gasteiger partial charge is 0.297 e. The normalized spacial score (nSPS) is 17.5. The molecule has 2 heterocycles. The Hall–Kier alpha value is -4.26. The molecule has 0 spiro atoms. The largest absolute Gasteiger partial charge is 0.466 e. The Labute approximate surface area is 234 Å². The van der Waals surface area contributed by atoms with Gasteiger partial charge in [0.1, 0.15) is 5.76 Å². The van der Waals surface area contributed by atoms with Crippen molar-refractivity contribution in [3.8, 4) is 0 Å². The summed E-state index contributed by atoms with van der Waals surface area (Å²) in [7, 11) is 0. The van der Waals surface area contributed by atoms with Crippen LogP contribution >= 0.6 is 15.9 Å². The van der Waals surface area contributed by atoms with Gasteiger partial charge < -0.3 is 9.15 Å². The molecule has 5 aromatic rings. The molecule has 1 amide bonds. The van der Waals surface area contributed by atoms with E-state index in [0.29, 0.717) is 11.4 Å². The Morgan fingerprint density at radius 1 is 0.692 bits per heavy atom. The molecule has 2 unspecified atom stereocenters. The lowest BCUT2D eigenvalue weighted by Crippen LogP contribution is -2.41. The zero-order valence-corrected chi connectivity index (χ0v) is 22.4. The van der Waals surface area contributed by atoms with Crippen molar-refractivity contribution in [3.63, 3.8) is 0 Å². The van der Waals surface area contributed by atoms with E-state index in [0.717, 1.165) is 21.2 Å². The number of anilines is 1. The number of carbonyl (C=O) groups is 2. The maximum Gasteiger partial charge on any atom is 0.297 e. The summed E-state index contributed by atoms with van der Waals surface area (Å²) in [6.45, 7) is 0. The van der Waals surface area contributed by atoms with E-state index < -0.39 is 29.4 Å². The first-order valence-electron chi connectivity index (χ1n) is 12.6. The molecule has 0 aliphatic carbocycles. The lowest BCUT2D eigenvalue weighted by molar-refractivity contribution is -0.144. The molecule has 1 aromatic heterocycles. The van der Waals surface area contributed by atoms with Crippen LogP contribution in [0.15, 0.2) is 143 Å². The highest BCUT2D eigenvalue weighted by Crippen LogP contribution is 2.46. The van der Waals surface area contributed by atoms with Gasteiger partial charge in [-0.05, 0) is 53.1 Å². The van der Waals surface area contributed by atoms with E-state index in [2.05, 4.69) is 15.9 Å². The number of hydrogen-bond acceptors (Lipinski definition) is 4. The molecule has 0 radical (unpaired) electrons. The van der Waals surface area contributed by atoms with E-state index in [9.17, 15) is 9.59 Å². The molecule has 1 aliphatic rings. The molecule has 1 fully saturated rings. The van der Waals surface area contributed by atoms with Crippen molar-refractivity contribution < 1.29 is 18.7 Å². The minimum atomic E-state index is -1.30. The number of hydrogen-bond donors (Lipinski definition) is 0. The second kappa shape index (κ2) is 10.5. The van der Waals surface area contributed by atoms with Gasteiger partial charge in [-0.3, -0.25) is 14.5 Å². The molecular weight excluding hydrogens is 554 g/mol. The van der Waals surface area contributed by atoms with Gasteiger partial charge in [-0.2, -0.15) is 0 Å². The van der Waals surface area contributed by atoms with Gasteiger partial charge in [0.25, 0.3) is 11.7 Å². The average molecular weight is 578 g/mol. The van der Waals surface area contributed by atoms with Gasteiger partial charge in [0.2, 0.25) is 0 Å². The molecule has 4 aromatic carbocycles. The van der Waals surface area contributed by atoms with E-state index in [-0.39, 0.29) is 0 Å². The van der Waals surface area contributed by atoms with Crippen molar-refractivity contribution in [1.82, 2.24) is 0 Å². The summed E-state index contributed by atoms with van der Waals surface area (Å²) >= 11 is 3.50. The minimum Gasteiger partial charge on any atom is -0.466 e. The number of nitrogens with zero attached hydrogens (tertiary/aromatic N) is 1. The molecule has 0 bridgehead atoms. The Balaban J connectivity index is 1.58. The van der Waals surface area contributed by atoms with Crippen LogP contribution in [0, 0.1) is 0 Å². The number of benzene rings is 4. The van der Waals surface area contributed by atoms with Crippen LogP contribution < -0.4 is 4.90 Å². The molecular formula is C33H24BrNO4. The van der Waals surface area contributed by atoms with Gasteiger partial charge in [0, 0.05) is 10.2 Å². The number of ether oxygens (including phenoxy) is 1. The topological polar surface area (TPSA) is 59.8 Å². The standard InChI is InChI=1S/C33H24BrNO4/c34-26-20-18-23(19-21-26)29-31(30(36)32(37)35(29)27-15-8-3-9-16-27)39-33(28-17-10-22-38-28,24-11-4-1-5-12-24)25-13-6-2-7-14-25/h1-22,29,31H. The molecule has 39 heavy (non-hydrogen) atoms. The molecule has 0 saturated carbocycles. The fraction of sp³-hybridized carbons (Fsp3) is 0.0909. The molecule has 5 nitrogen and oxygen atoms in total. The number of furan rings is 1. The van der Waals surface area contributed by atoms with E-state index in [1.807, 2.05) is 121 Å². The van der Waals surface area contributed by atoms with Crippen LogP contribution in [0.5, 0.6) is 0 Å². The fourth-order valence-electron chi connectivity index (χ4n) is 5.27. The Morgan fingerprint density at radius 2 is 1.26 bits per heavy atom. The molecule has 192 valence electrons. The summed E-state index contributed by atoms with van der Waals surface area (Å²) in [5, 5.41) is 0. The number of ketones is 1. The second-order valence-electron chi connectivity index (χ2n) is 9.30. The van der Waals surface area contributed by atoms with Gasteiger partial charge in [0.15, 0.2) is 11.7 Å². The van der Waals surface area contributed by atoms with Gasteiger partial charge in [0.05, 0.1) is 12.3 Å². The number of Topliss-reactive ketones (excluding diaryl/α,β-unsaturated/α-hetero) is 1. The predicted octanol–water partition coefficient (Wildman–Crippen LogP) is 7.08. The third-order valence-electron chi connectivity index (χ3n) is 7.03. The summed E-state index contributed by atoms with van der Waals surface area (Å²) < 4.78 is 13.9. The predicted molar refractivity (Wildman–Crippen MR) is 152 cm³/mol. The SMILES string of the molecule is O=C1C(=O)N(c2ccccc2)C(c2ccc(Br)cc2)C1OC(c1ccccc1)(c1ccccc1)c1ccco1. The first-order chi connectivity index (χ1) is 19.1. The monoisotopic (exact) mass is 577 g/mol. The van der Waals surface area contributed by atoms with Crippen molar-refractivity contribution in [1.29, 1.82) is 0 Å². The first-order valence-corrected chi connectivity index (χ1v) is 13.4. The van der Waals surface area contributed by atoms with Gasteiger partial charge in [-0.1, -0.05) is 107 Å². The van der Waals surface area contributed by atoms with Crippen LogP contribution in [0.25, 0.3) is 0 Å². The zero-order chi connectivity index (χ0) is 26.8. The maximum absolute atomic E-state index is 13.9. The van der Waals surface area contributed by atoms with Crippen LogP contribution in [0.1, 0.15) is 28.5 Å². The van der Waals surface area contributed by atoms with E-state index >= 15 is 0 Å². The molecule has 0 N–H and O–H groups in total. The lowest BCUT2D eigenvalue weighted by atomic mass is 9.83. The van der Waals surface area contributed by atoms with Crippen LogP contribution in [-0.2, 0) is 19.9 Å². The third kappa shape index (κ3) is 4.42. The van der Waals surface area contributed by atoms with Gasteiger partial charge in [-0.15, -0.1) is 0 Å². The number of amides is 1. The van der Waals surface area contributed by atoms with Crippen LogP contribution in [0.3, 0.4) is 0 Å². The molecule has 1 saturated heterocycles. The maximum atomic E-state index is 13.9. The quantitative estimate of drug-likeness (QED) is 0.194. The van der Waals surface area contributed by atoms with E-state index in [4.69, 9.17) is 9.15 Å². The molecule has 1 aliphatic heterocycles. The minimum absolute atomic E-state index is 0.507. The van der Waals surface area contributed by atoms with Gasteiger partial charge >= 0.3 is 0 Å². The molecule has 6 heteroatoms. The molecule has 6 rings (SSSR count). The van der Waals surface area contributed by atoms with Crippen molar-refractivity contribution in [3.05, 3.63) is 161 Å². The third-order valence-corrected chi connectivity index (χ3v) is 7.56. The summed E-state index contributed by atoms with van der Waals surface area (Å²) in [5.74, 6) is -0.726. The fourth-order valence-corrected chi connectivity index (χ4v) is 5.54. The Bertz CT molecular complexity index is 1530. The Morgan fingerprint density at radius 3 is 1.79 bits per heavy atom. The number of para-hydroxylation sites is 1. The Kier molecular flexibility index (Phi) is 6.73. The molecule has 2 atom stereocenters. The zero-order valence-electron chi connectivity index (χ0n) is 20.8.